The molecule has 122 valence electrons. The molecule has 0 heterocycles. The topological polar surface area (TPSA) is 110 Å². The number of carboxylic acids is 1. The van der Waals surface area contributed by atoms with Crippen LogP contribution in [-0.2, 0) is 10.1 Å². The number of hydrogen-bond acceptors (Lipinski definition) is 5. The zero-order valence-corrected chi connectivity index (χ0v) is 13.3. The Kier molecular flexibility index (Phi) is 6.36. The molecule has 7 nitrogen and oxygen atoms in total. The maximum atomic E-state index is 12.2. The van der Waals surface area contributed by atoms with Crippen LogP contribution in [0.15, 0.2) is 18.2 Å². The summed E-state index contributed by atoms with van der Waals surface area (Å²) in [6.07, 6.45) is 1.58. The number of hydrogen-bond donors (Lipinski definition) is 2. The van der Waals surface area contributed by atoms with Crippen LogP contribution < -0.4 is 9.50 Å². The molecule has 0 aromatic heterocycles. The largest absolute Gasteiger partial charge is 0.478 e. The summed E-state index contributed by atoms with van der Waals surface area (Å²) < 4.78 is 28.0. The molecule has 0 saturated heterocycles. The van der Waals surface area contributed by atoms with Crippen LogP contribution in [0.4, 0.5) is 0 Å². The maximum Gasteiger partial charge on any atom is 0.336 e. The van der Waals surface area contributed by atoms with E-state index in [2.05, 4.69) is 5.32 Å². The molecule has 2 N–H and O–H groups in total. The smallest absolute Gasteiger partial charge is 0.336 e. The van der Waals surface area contributed by atoms with Gasteiger partial charge in [-0.05, 0) is 25.5 Å². The Morgan fingerprint density at radius 1 is 1.27 bits per heavy atom. The number of benzene rings is 1. The van der Waals surface area contributed by atoms with Gasteiger partial charge in [0.2, 0.25) is 0 Å². The van der Waals surface area contributed by atoms with Gasteiger partial charge in [-0.3, -0.25) is 4.79 Å². The van der Waals surface area contributed by atoms with Crippen LogP contribution >= 0.6 is 0 Å². The molecule has 0 aliphatic carbocycles. The van der Waals surface area contributed by atoms with Gasteiger partial charge < -0.3 is 14.6 Å². The summed E-state index contributed by atoms with van der Waals surface area (Å²) in [4.78, 5) is 23.4. The normalized spacial score (nSPS) is 11.0. The van der Waals surface area contributed by atoms with Crippen molar-refractivity contribution in [1.82, 2.24) is 5.32 Å². The first-order valence-corrected chi connectivity index (χ1v) is 8.46. The number of unbranched alkanes of at least 4 members (excludes halogenated alkanes) is 1. The number of nitrogens with one attached hydrogen (secondary N) is 1. The average Bonchev–Trinajstić information content (AvgIpc) is 2.46. The lowest BCUT2D eigenvalue weighted by molar-refractivity contribution is 0.0690. The molecular weight excluding hydrogens is 310 g/mol. The highest BCUT2D eigenvalue weighted by molar-refractivity contribution is 7.87. The van der Waals surface area contributed by atoms with E-state index >= 15 is 0 Å². The summed E-state index contributed by atoms with van der Waals surface area (Å²) in [5.41, 5.74) is -0.596. The number of rotatable bonds is 8. The molecule has 0 fully saturated rings. The van der Waals surface area contributed by atoms with E-state index in [1.807, 2.05) is 6.92 Å². The second-order valence-electron chi connectivity index (χ2n) is 4.52. The molecule has 0 bridgehead atoms. The molecule has 0 saturated carbocycles. The van der Waals surface area contributed by atoms with E-state index in [0.717, 1.165) is 12.8 Å². The van der Waals surface area contributed by atoms with Crippen molar-refractivity contribution < 1.29 is 27.3 Å². The lowest BCUT2D eigenvalue weighted by atomic mass is 10.1. The first-order chi connectivity index (χ1) is 10.3. The van der Waals surface area contributed by atoms with E-state index < -0.39 is 22.0 Å². The number of carboxylic acid groups (broad SMARTS) is 1. The van der Waals surface area contributed by atoms with Gasteiger partial charge in [-0.2, -0.15) is 8.42 Å². The van der Waals surface area contributed by atoms with E-state index in [4.69, 9.17) is 4.18 Å². The third kappa shape index (κ3) is 4.73. The Bertz CT molecular complexity index is 653. The minimum Gasteiger partial charge on any atom is -0.478 e. The third-order valence-corrected chi connectivity index (χ3v) is 4.01. The molecular formula is C14H19NO6S. The fraction of sp³-hybridized carbons (Fsp3) is 0.429. The Hall–Kier alpha value is -2.09. The van der Waals surface area contributed by atoms with Gasteiger partial charge in [-0.15, -0.1) is 0 Å². The van der Waals surface area contributed by atoms with Crippen molar-refractivity contribution in [3.63, 3.8) is 0 Å². The van der Waals surface area contributed by atoms with Gasteiger partial charge in [-0.25, -0.2) is 4.79 Å². The van der Waals surface area contributed by atoms with Crippen LogP contribution in [0.2, 0.25) is 0 Å². The van der Waals surface area contributed by atoms with E-state index in [-0.39, 0.29) is 22.6 Å². The van der Waals surface area contributed by atoms with E-state index in [1.165, 1.54) is 25.1 Å². The summed E-state index contributed by atoms with van der Waals surface area (Å²) in [6, 6.07) is 3.81. The lowest BCUT2D eigenvalue weighted by Gasteiger charge is -2.13. The zero-order valence-electron chi connectivity index (χ0n) is 12.5. The number of carbonyl (C=O) groups is 2. The van der Waals surface area contributed by atoms with E-state index in [0.29, 0.717) is 6.54 Å². The molecule has 22 heavy (non-hydrogen) atoms. The van der Waals surface area contributed by atoms with E-state index in [1.54, 1.807) is 0 Å². The molecule has 0 radical (unpaired) electrons. The lowest BCUT2D eigenvalue weighted by Crippen LogP contribution is -2.27. The molecule has 0 aliphatic rings. The fourth-order valence-electron chi connectivity index (χ4n) is 1.68. The summed E-state index contributed by atoms with van der Waals surface area (Å²) in [5, 5.41) is 11.7. The average molecular weight is 329 g/mol. The second kappa shape index (κ2) is 7.79. The third-order valence-electron chi connectivity index (χ3n) is 2.87. The summed E-state index contributed by atoms with van der Waals surface area (Å²) in [5.74, 6) is -2.58. The van der Waals surface area contributed by atoms with Gasteiger partial charge in [-0.1, -0.05) is 19.4 Å². The van der Waals surface area contributed by atoms with Gasteiger partial charge in [0, 0.05) is 6.54 Å². The van der Waals surface area contributed by atoms with Crippen LogP contribution in [0, 0.1) is 0 Å². The van der Waals surface area contributed by atoms with Gasteiger partial charge in [0.05, 0.1) is 16.9 Å². The van der Waals surface area contributed by atoms with Crippen molar-refractivity contribution >= 4 is 22.0 Å². The Balaban J connectivity index is 3.24. The SMILES string of the molecule is CCCCNC(=O)c1c(OS(=O)(=O)CC)cccc1C(=O)O. The predicted molar refractivity (Wildman–Crippen MR) is 80.7 cm³/mol. The first-order valence-electron chi connectivity index (χ1n) is 6.89. The quantitative estimate of drug-likeness (QED) is 0.554. The molecule has 1 aromatic rings. The highest BCUT2D eigenvalue weighted by atomic mass is 32.2. The van der Waals surface area contributed by atoms with Crippen molar-refractivity contribution in [3.8, 4) is 5.75 Å². The van der Waals surface area contributed by atoms with Gasteiger partial charge in [0.15, 0.2) is 5.75 Å². The standard InChI is InChI=1S/C14H19NO6S/c1-3-5-9-15-13(16)12-10(14(17)18)7-6-8-11(12)21-22(19,20)4-2/h6-8H,3-5,9H2,1-2H3,(H,15,16)(H,17,18). The van der Waals surface area contributed by atoms with Crippen LogP contribution in [0.1, 0.15) is 47.4 Å². The van der Waals surface area contributed by atoms with Gasteiger partial charge in [0.25, 0.3) is 5.91 Å². The molecule has 0 spiro atoms. The summed E-state index contributed by atoms with van der Waals surface area (Å²) in [7, 11) is -3.87. The molecule has 0 atom stereocenters. The minimum atomic E-state index is -3.87. The van der Waals surface area contributed by atoms with Crippen LogP contribution in [0.3, 0.4) is 0 Å². The highest BCUT2D eigenvalue weighted by Crippen LogP contribution is 2.24. The van der Waals surface area contributed by atoms with Crippen LogP contribution in [-0.4, -0.2) is 37.7 Å². The maximum absolute atomic E-state index is 12.2. The van der Waals surface area contributed by atoms with Gasteiger partial charge in [0.1, 0.15) is 0 Å². The predicted octanol–water partition coefficient (Wildman–Crippen LogP) is 1.64. The number of aromatic carboxylic acids is 1. The van der Waals surface area contributed by atoms with Crippen LogP contribution in [0.25, 0.3) is 0 Å². The Labute approximate surface area is 129 Å². The monoisotopic (exact) mass is 329 g/mol. The first kappa shape index (κ1) is 18.0. The van der Waals surface area contributed by atoms with Crippen molar-refractivity contribution in [2.75, 3.05) is 12.3 Å². The summed E-state index contributed by atoms with van der Waals surface area (Å²) >= 11 is 0. The summed E-state index contributed by atoms with van der Waals surface area (Å²) in [6.45, 7) is 3.69. The number of amides is 1. The van der Waals surface area contributed by atoms with Crippen molar-refractivity contribution in [2.24, 2.45) is 0 Å². The molecule has 0 unspecified atom stereocenters. The van der Waals surface area contributed by atoms with Crippen molar-refractivity contribution in [1.29, 1.82) is 0 Å². The molecule has 8 heteroatoms. The number of carbonyl (C=O) groups excluding carboxylic acids is 1. The Morgan fingerprint density at radius 3 is 2.50 bits per heavy atom. The Morgan fingerprint density at radius 2 is 1.95 bits per heavy atom. The molecule has 0 aliphatic heterocycles. The fourth-order valence-corrected chi connectivity index (χ4v) is 2.21. The minimum absolute atomic E-state index is 0.282. The van der Waals surface area contributed by atoms with Crippen molar-refractivity contribution in [2.45, 2.75) is 26.7 Å². The molecule has 1 amide bonds. The van der Waals surface area contributed by atoms with E-state index in [9.17, 15) is 23.1 Å². The highest BCUT2D eigenvalue weighted by Gasteiger charge is 2.24. The molecule has 1 rings (SSSR count). The zero-order chi connectivity index (χ0) is 16.8. The van der Waals surface area contributed by atoms with Gasteiger partial charge >= 0.3 is 16.1 Å². The molecule has 1 aromatic carbocycles. The van der Waals surface area contributed by atoms with Crippen LogP contribution in [0.5, 0.6) is 5.75 Å². The van der Waals surface area contributed by atoms with Crippen molar-refractivity contribution in [3.05, 3.63) is 29.3 Å². The second-order valence-corrected chi connectivity index (χ2v) is 6.38.